The zero-order valence-electron chi connectivity index (χ0n) is 10.5. The molecule has 1 saturated heterocycles. The van der Waals surface area contributed by atoms with E-state index < -0.39 is 0 Å². The zero-order valence-corrected chi connectivity index (χ0v) is 11.4. The zero-order chi connectivity index (χ0) is 11.4. The van der Waals surface area contributed by atoms with E-state index in [1.165, 1.54) is 43.0 Å². The van der Waals surface area contributed by atoms with Gasteiger partial charge in [0.05, 0.1) is 0 Å². The summed E-state index contributed by atoms with van der Waals surface area (Å²) in [6.07, 6.45) is 6.90. The normalized spacial score (nSPS) is 28.4. The van der Waals surface area contributed by atoms with E-state index in [-0.39, 0.29) is 0 Å². The van der Waals surface area contributed by atoms with Gasteiger partial charge in [-0.15, -0.1) is 0 Å². The number of hydrogen-bond donors (Lipinski definition) is 1. The smallest absolute Gasteiger partial charge is 0.156 e. The van der Waals surface area contributed by atoms with Crippen molar-refractivity contribution in [2.24, 2.45) is 16.8 Å². The van der Waals surface area contributed by atoms with Crippen molar-refractivity contribution in [1.29, 1.82) is 0 Å². The topological polar surface area (TPSA) is 24.4 Å². The molecule has 3 heteroatoms. The van der Waals surface area contributed by atoms with Gasteiger partial charge in [-0.25, -0.2) is 0 Å². The van der Waals surface area contributed by atoms with Crippen molar-refractivity contribution in [3.63, 3.8) is 0 Å². The molecule has 1 N–H and O–H groups in total. The predicted octanol–water partition coefficient (Wildman–Crippen LogP) is 3.28. The van der Waals surface area contributed by atoms with Crippen LogP contribution in [0.2, 0.25) is 0 Å². The first-order chi connectivity index (χ1) is 7.75. The minimum Gasteiger partial charge on any atom is -0.362 e. The standard InChI is InChI=1S/C13H24N2S/c1-10(2)12-7-9-16-13(15-12)14-8-3-4-11-5-6-11/h10-12H,3-9H2,1-2H3,(H,14,15). The van der Waals surface area contributed by atoms with E-state index in [2.05, 4.69) is 24.2 Å². The third-order valence-electron chi connectivity index (χ3n) is 3.50. The van der Waals surface area contributed by atoms with E-state index in [9.17, 15) is 0 Å². The van der Waals surface area contributed by atoms with Gasteiger partial charge in [0.25, 0.3) is 0 Å². The Morgan fingerprint density at radius 1 is 1.38 bits per heavy atom. The third-order valence-corrected chi connectivity index (χ3v) is 4.46. The molecule has 0 bridgehead atoms. The molecular formula is C13H24N2S. The van der Waals surface area contributed by atoms with Crippen LogP contribution >= 0.6 is 11.8 Å². The summed E-state index contributed by atoms with van der Waals surface area (Å²) in [6.45, 7) is 5.60. The van der Waals surface area contributed by atoms with E-state index in [1.54, 1.807) is 0 Å². The maximum Gasteiger partial charge on any atom is 0.156 e. The molecule has 2 nitrogen and oxygen atoms in total. The first-order valence-corrected chi connectivity index (χ1v) is 7.68. The average Bonchev–Trinajstić information content (AvgIpc) is 3.09. The number of aliphatic imine (C=N–C) groups is 1. The molecule has 2 rings (SSSR count). The summed E-state index contributed by atoms with van der Waals surface area (Å²) in [5.74, 6) is 3.00. The van der Waals surface area contributed by atoms with Crippen molar-refractivity contribution in [3.05, 3.63) is 0 Å². The summed E-state index contributed by atoms with van der Waals surface area (Å²) in [5.41, 5.74) is 0. The van der Waals surface area contributed by atoms with Gasteiger partial charge in [-0.1, -0.05) is 38.5 Å². The highest BCUT2D eigenvalue weighted by Crippen LogP contribution is 2.33. The van der Waals surface area contributed by atoms with Gasteiger partial charge in [-0.05, 0) is 31.1 Å². The molecule has 1 aliphatic heterocycles. The number of thioether (sulfide) groups is 1. The van der Waals surface area contributed by atoms with E-state index in [1.807, 2.05) is 11.8 Å². The van der Waals surface area contributed by atoms with Crippen molar-refractivity contribution < 1.29 is 0 Å². The van der Waals surface area contributed by atoms with Crippen LogP contribution in [0.4, 0.5) is 0 Å². The predicted molar refractivity (Wildman–Crippen MR) is 73.1 cm³/mol. The Balaban J connectivity index is 1.67. The van der Waals surface area contributed by atoms with Gasteiger partial charge in [-0.3, -0.25) is 4.99 Å². The van der Waals surface area contributed by atoms with Crippen LogP contribution in [0.3, 0.4) is 0 Å². The lowest BCUT2D eigenvalue weighted by Gasteiger charge is -2.28. The van der Waals surface area contributed by atoms with Gasteiger partial charge in [0.15, 0.2) is 5.17 Å². The molecule has 16 heavy (non-hydrogen) atoms. The Morgan fingerprint density at radius 2 is 2.19 bits per heavy atom. The monoisotopic (exact) mass is 240 g/mol. The summed E-state index contributed by atoms with van der Waals surface area (Å²) in [4.78, 5) is 4.68. The fourth-order valence-electron chi connectivity index (χ4n) is 2.11. The average molecular weight is 240 g/mol. The molecule has 1 atom stereocenters. The molecule has 92 valence electrons. The molecule has 2 aliphatic rings. The van der Waals surface area contributed by atoms with Gasteiger partial charge >= 0.3 is 0 Å². The van der Waals surface area contributed by atoms with Crippen LogP contribution in [-0.4, -0.2) is 23.5 Å². The second-order valence-electron chi connectivity index (χ2n) is 5.40. The van der Waals surface area contributed by atoms with Crippen molar-refractivity contribution in [3.8, 4) is 0 Å². The Hall–Kier alpha value is -0.180. The number of nitrogens with zero attached hydrogens (tertiary/aromatic N) is 1. The summed E-state index contributed by atoms with van der Waals surface area (Å²) in [5, 5.41) is 4.76. The van der Waals surface area contributed by atoms with Crippen LogP contribution in [0.5, 0.6) is 0 Å². The largest absolute Gasteiger partial charge is 0.362 e. The van der Waals surface area contributed by atoms with Gasteiger partial charge < -0.3 is 5.32 Å². The highest BCUT2D eigenvalue weighted by atomic mass is 32.2. The molecule has 0 aromatic carbocycles. The lowest BCUT2D eigenvalue weighted by atomic mass is 10.0. The molecular weight excluding hydrogens is 216 g/mol. The van der Waals surface area contributed by atoms with Gasteiger partial charge in [0.1, 0.15) is 0 Å². The Bertz CT molecular complexity index is 246. The second-order valence-corrected chi connectivity index (χ2v) is 6.49. The number of nitrogens with one attached hydrogen (secondary N) is 1. The lowest BCUT2D eigenvalue weighted by molar-refractivity contribution is 0.442. The molecule has 0 radical (unpaired) electrons. The van der Waals surface area contributed by atoms with Crippen molar-refractivity contribution >= 4 is 16.9 Å². The van der Waals surface area contributed by atoms with E-state index in [0.29, 0.717) is 6.04 Å². The van der Waals surface area contributed by atoms with Gasteiger partial charge in [-0.2, -0.15) is 0 Å². The molecule has 0 spiro atoms. The SMILES string of the molecule is CC(C)C1CCSC(=NCCCC2CC2)N1. The molecule has 1 heterocycles. The minimum absolute atomic E-state index is 0.642. The second kappa shape index (κ2) is 5.95. The highest BCUT2D eigenvalue weighted by molar-refractivity contribution is 8.13. The van der Waals surface area contributed by atoms with Crippen LogP contribution < -0.4 is 5.32 Å². The van der Waals surface area contributed by atoms with Crippen molar-refractivity contribution in [1.82, 2.24) is 5.32 Å². The van der Waals surface area contributed by atoms with Gasteiger partial charge in [0.2, 0.25) is 0 Å². The first-order valence-electron chi connectivity index (χ1n) is 6.69. The summed E-state index contributed by atoms with van der Waals surface area (Å²) in [6, 6.07) is 0.642. The fraction of sp³-hybridized carbons (Fsp3) is 0.923. The van der Waals surface area contributed by atoms with E-state index in [0.717, 1.165) is 18.4 Å². The highest BCUT2D eigenvalue weighted by Gasteiger charge is 2.21. The fourth-order valence-corrected chi connectivity index (χ4v) is 3.10. The Kier molecular flexibility index (Phi) is 4.56. The van der Waals surface area contributed by atoms with Crippen LogP contribution in [0.25, 0.3) is 0 Å². The molecule has 2 fully saturated rings. The quantitative estimate of drug-likeness (QED) is 0.746. The molecule has 0 amide bonds. The van der Waals surface area contributed by atoms with Crippen molar-refractivity contribution in [2.45, 2.75) is 52.0 Å². The number of hydrogen-bond acceptors (Lipinski definition) is 2. The number of amidine groups is 1. The number of rotatable bonds is 5. The van der Waals surface area contributed by atoms with Crippen LogP contribution in [0.15, 0.2) is 4.99 Å². The van der Waals surface area contributed by atoms with Crippen LogP contribution in [-0.2, 0) is 0 Å². The van der Waals surface area contributed by atoms with Crippen molar-refractivity contribution in [2.75, 3.05) is 12.3 Å². The Labute approximate surface area is 104 Å². The van der Waals surface area contributed by atoms with Crippen LogP contribution in [0.1, 0.15) is 46.0 Å². The molecule has 0 aromatic heterocycles. The first kappa shape index (κ1) is 12.3. The molecule has 0 aromatic rings. The van der Waals surface area contributed by atoms with Gasteiger partial charge in [0, 0.05) is 18.3 Å². The summed E-state index contributed by atoms with van der Waals surface area (Å²) < 4.78 is 0. The molecule has 1 saturated carbocycles. The third kappa shape index (κ3) is 4.00. The van der Waals surface area contributed by atoms with Crippen LogP contribution in [0, 0.1) is 11.8 Å². The maximum atomic E-state index is 4.68. The Morgan fingerprint density at radius 3 is 2.88 bits per heavy atom. The maximum absolute atomic E-state index is 4.68. The van der Waals surface area contributed by atoms with E-state index in [4.69, 9.17) is 0 Å². The minimum atomic E-state index is 0.642. The molecule has 1 unspecified atom stereocenters. The summed E-state index contributed by atoms with van der Waals surface area (Å²) >= 11 is 1.90. The summed E-state index contributed by atoms with van der Waals surface area (Å²) in [7, 11) is 0. The van der Waals surface area contributed by atoms with E-state index >= 15 is 0 Å². The molecule has 1 aliphatic carbocycles. The lowest BCUT2D eigenvalue weighted by Crippen LogP contribution is -2.41.